The van der Waals surface area contributed by atoms with Crippen molar-refractivity contribution in [1.82, 2.24) is 15.2 Å². The Labute approximate surface area is 162 Å². The van der Waals surface area contributed by atoms with Crippen molar-refractivity contribution < 1.29 is 19.3 Å². The Morgan fingerprint density at radius 3 is 2.77 bits per heavy atom. The Morgan fingerprint density at radius 2 is 2.08 bits per heavy atom. The van der Waals surface area contributed by atoms with Crippen LogP contribution in [0.25, 0.3) is 0 Å². The van der Waals surface area contributed by atoms with Gasteiger partial charge in [-0.25, -0.2) is 9.02 Å². The number of hydrogen-bond donors (Lipinski definition) is 1. The Bertz CT molecular complexity index is 796. The summed E-state index contributed by atoms with van der Waals surface area (Å²) in [5, 5.41) is 16.2. The Balaban J connectivity index is 0.00000243. The number of benzene rings is 1. The van der Waals surface area contributed by atoms with Gasteiger partial charge in [-0.05, 0) is 56.8 Å². The van der Waals surface area contributed by atoms with Gasteiger partial charge in [-0.15, -0.1) is 0 Å². The normalized spacial score (nSPS) is 13.5. The smallest absolute Gasteiger partial charge is 0.232 e. The van der Waals surface area contributed by atoms with E-state index in [9.17, 15) is 9.18 Å². The first-order chi connectivity index (χ1) is 12.0. The monoisotopic (exact) mass is 444 g/mol. The molecule has 2 aromatic rings. The van der Waals surface area contributed by atoms with Gasteiger partial charge in [0.25, 0.3) is 0 Å². The Hall–Kier alpha value is -1.78. The standard InChI is InChI=1S/C16H16BrFN4O2S.H2O/c17-11-7-10(3-4-12(11)18)8-13(19)15-16(21-24-20-15)25-9-14(23)22-5-1-2-6-22;/h3-4,7,19H,1-2,5-6,8-9H2;1H2. The lowest BCUT2D eigenvalue weighted by molar-refractivity contribution is -0.127. The largest absolute Gasteiger partial charge is 0.412 e. The van der Waals surface area contributed by atoms with Crippen LogP contribution in [0.1, 0.15) is 24.1 Å². The Morgan fingerprint density at radius 1 is 1.35 bits per heavy atom. The lowest BCUT2D eigenvalue weighted by Crippen LogP contribution is -2.29. The van der Waals surface area contributed by atoms with E-state index >= 15 is 0 Å². The molecular formula is C16H18BrFN4O3S. The minimum absolute atomic E-state index is 0. The number of likely N-dealkylation sites (tertiary alicyclic amines) is 1. The van der Waals surface area contributed by atoms with E-state index in [1.54, 1.807) is 12.1 Å². The van der Waals surface area contributed by atoms with Crippen molar-refractivity contribution in [3.63, 3.8) is 0 Å². The highest BCUT2D eigenvalue weighted by Crippen LogP contribution is 2.23. The van der Waals surface area contributed by atoms with Crippen LogP contribution in [0.2, 0.25) is 0 Å². The maximum atomic E-state index is 13.3. The number of aromatic nitrogens is 2. The molecule has 0 spiro atoms. The van der Waals surface area contributed by atoms with Crippen LogP contribution in [-0.4, -0.2) is 51.2 Å². The molecule has 1 aromatic heterocycles. The summed E-state index contributed by atoms with van der Waals surface area (Å²) in [6, 6.07) is 4.59. The van der Waals surface area contributed by atoms with Crippen LogP contribution in [0, 0.1) is 11.2 Å². The number of amides is 1. The molecule has 1 fully saturated rings. The molecular weight excluding hydrogens is 427 g/mol. The molecule has 0 unspecified atom stereocenters. The highest BCUT2D eigenvalue weighted by atomic mass is 79.9. The number of halogens is 2. The number of hydrogen-bond acceptors (Lipinski definition) is 6. The van der Waals surface area contributed by atoms with E-state index in [0.717, 1.165) is 31.5 Å². The predicted octanol–water partition coefficient (Wildman–Crippen LogP) is 2.47. The number of carbonyl (C=O) groups excluding carboxylic acids is 1. The highest BCUT2D eigenvalue weighted by molar-refractivity contribution is 9.10. The molecule has 7 nitrogen and oxygen atoms in total. The summed E-state index contributed by atoms with van der Waals surface area (Å²) in [5.74, 6) is -0.0446. The molecule has 26 heavy (non-hydrogen) atoms. The van der Waals surface area contributed by atoms with Crippen molar-refractivity contribution >= 4 is 39.3 Å². The summed E-state index contributed by atoms with van der Waals surface area (Å²) in [7, 11) is 0. The number of nitrogens with one attached hydrogen (secondary N) is 1. The predicted molar refractivity (Wildman–Crippen MR) is 99.1 cm³/mol. The zero-order valence-corrected chi connectivity index (χ0v) is 16.2. The maximum Gasteiger partial charge on any atom is 0.232 e. The molecule has 0 saturated carbocycles. The number of nitrogens with zero attached hydrogens (tertiary/aromatic N) is 3. The van der Waals surface area contributed by atoms with Gasteiger partial charge in [-0.1, -0.05) is 17.8 Å². The van der Waals surface area contributed by atoms with Crippen molar-refractivity contribution in [2.24, 2.45) is 0 Å². The van der Waals surface area contributed by atoms with Gasteiger partial charge < -0.3 is 15.8 Å². The fraction of sp³-hybridized carbons (Fsp3) is 0.375. The fourth-order valence-corrected chi connectivity index (χ4v) is 3.84. The van der Waals surface area contributed by atoms with Crippen molar-refractivity contribution in [2.45, 2.75) is 24.3 Å². The number of rotatable bonds is 6. The van der Waals surface area contributed by atoms with Crippen LogP contribution in [0.15, 0.2) is 32.3 Å². The molecule has 0 bridgehead atoms. The van der Waals surface area contributed by atoms with Crippen molar-refractivity contribution in [3.05, 3.63) is 39.7 Å². The van der Waals surface area contributed by atoms with E-state index < -0.39 is 0 Å². The molecule has 1 aromatic carbocycles. The second-order valence-corrected chi connectivity index (χ2v) is 7.52. The van der Waals surface area contributed by atoms with E-state index in [-0.39, 0.29) is 35.1 Å². The number of carbonyl (C=O) groups is 1. The first kappa shape index (κ1) is 20.5. The van der Waals surface area contributed by atoms with Crippen LogP contribution in [0.3, 0.4) is 0 Å². The van der Waals surface area contributed by atoms with Gasteiger partial charge in [0.15, 0.2) is 10.7 Å². The lowest BCUT2D eigenvalue weighted by atomic mass is 10.1. The molecule has 1 aliphatic rings. The van der Waals surface area contributed by atoms with Crippen molar-refractivity contribution in [3.8, 4) is 0 Å². The van der Waals surface area contributed by atoms with Gasteiger partial charge in [0, 0.05) is 19.5 Å². The maximum absolute atomic E-state index is 13.3. The van der Waals surface area contributed by atoms with Crippen LogP contribution in [0.5, 0.6) is 0 Å². The molecule has 1 amide bonds. The fourth-order valence-electron chi connectivity index (χ4n) is 2.58. The summed E-state index contributed by atoms with van der Waals surface area (Å²) in [6.07, 6.45) is 2.36. The van der Waals surface area contributed by atoms with Gasteiger partial charge in [0.05, 0.1) is 15.9 Å². The quantitative estimate of drug-likeness (QED) is 0.542. The van der Waals surface area contributed by atoms with Crippen molar-refractivity contribution in [2.75, 3.05) is 18.8 Å². The zero-order valence-electron chi connectivity index (χ0n) is 13.8. The molecule has 0 aliphatic carbocycles. The molecule has 0 atom stereocenters. The average molecular weight is 445 g/mol. The van der Waals surface area contributed by atoms with E-state index in [1.807, 2.05) is 4.90 Å². The third kappa shape index (κ3) is 4.89. The van der Waals surface area contributed by atoms with E-state index in [1.165, 1.54) is 17.8 Å². The van der Waals surface area contributed by atoms with Crippen LogP contribution >= 0.6 is 27.7 Å². The summed E-state index contributed by atoms with van der Waals surface area (Å²) >= 11 is 4.36. The summed E-state index contributed by atoms with van der Waals surface area (Å²) in [4.78, 5) is 13.9. The van der Waals surface area contributed by atoms with Gasteiger partial charge >= 0.3 is 0 Å². The third-order valence-corrected chi connectivity index (χ3v) is 5.44. The van der Waals surface area contributed by atoms with E-state index in [2.05, 4.69) is 26.2 Å². The van der Waals surface area contributed by atoms with Gasteiger partial charge in [-0.2, -0.15) is 0 Å². The molecule has 3 N–H and O–H groups in total. The van der Waals surface area contributed by atoms with E-state index in [4.69, 9.17) is 10.0 Å². The van der Waals surface area contributed by atoms with Crippen molar-refractivity contribution in [1.29, 1.82) is 5.41 Å². The summed E-state index contributed by atoms with van der Waals surface area (Å²) in [5.41, 5.74) is 1.29. The van der Waals surface area contributed by atoms with Crippen LogP contribution in [-0.2, 0) is 11.2 Å². The average Bonchev–Trinajstić information content (AvgIpc) is 3.27. The summed E-state index contributed by atoms with van der Waals surface area (Å²) in [6.45, 7) is 1.61. The molecule has 2 heterocycles. The zero-order chi connectivity index (χ0) is 17.8. The molecule has 140 valence electrons. The molecule has 1 saturated heterocycles. The lowest BCUT2D eigenvalue weighted by Gasteiger charge is -2.14. The molecule has 0 radical (unpaired) electrons. The first-order valence-electron chi connectivity index (χ1n) is 7.79. The molecule has 3 rings (SSSR count). The SMILES string of the molecule is N=C(Cc1ccc(F)c(Br)c1)c1nonc1SCC(=O)N1CCCC1.O. The topological polar surface area (TPSA) is 115 Å². The van der Waals surface area contributed by atoms with Gasteiger partial charge in [0.2, 0.25) is 5.91 Å². The van der Waals surface area contributed by atoms with E-state index in [0.29, 0.717) is 15.2 Å². The second kappa shape index (κ2) is 9.24. The number of thioether (sulfide) groups is 1. The van der Waals surface area contributed by atoms with Gasteiger partial charge in [-0.3, -0.25) is 4.79 Å². The highest BCUT2D eigenvalue weighted by Gasteiger charge is 2.21. The minimum Gasteiger partial charge on any atom is -0.412 e. The molecule has 10 heteroatoms. The minimum atomic E-state index is -0.352. The second-order valence-electron chi connectivity index (χ2n) is 5.70. The summed E-state index contributed by atoms with van der Waals surface area (Å²) < 4.78 is 18.4. The van der Waals surface area contributed by atoms with Gasteiger partial charge in [0.1, 0.15) is 5.82 Å². The first-order valence-corrected chi connectivity index (χ1v) is 9.57. The Kier molecular flexibility index (Phi) is 7.30. The molecule has 1 aliphatic heterocycles. The third-order valence-electron chi connectivity index (χ3n) is 3.90. The van der Waals surface area contributed by atoms with Crippen LogP contribution < -0.4 is 0 Å². The van der Waals surface area contributed by atoms with Crippen LogP contribution in [0.4, 0.5) is 4.39 Å².